The van der Waals surface area contributed by atoms with E-state index in [1.54, 1.807) is 0 Å². The fourth-order valence-electron chi connectivity index (χ4n) is 0.970. The molecule has 0 bridgehead atoms. The molecule has 0 fully saturated rings. The third kappa shape index (κ3) is 2.26. The van der Waals surface area contributed by atoms with Crippen molar-refractivity contribution < 1.29 is 19.4 Å². The third-order valence-corrected chi connectivity index (χ3v) is 1.84. The van der Waals surface area contributed by atoms with E-state index in [2.05, 4.69) is 17.4 Å². The molecule has 0 aliphatic carbocycles. The average molecular weight is 212 g/mol. The quantitative estimate of drug-likeness (QED) is 0.575. The molecule has 14 heavy (non-hydrogen) atoms. The molecule has 74 valence electrons. The molecule has 0 saturated heterocycles. The lowest BCUT2D eigenvalue weighted by atomic mass is 10.1. The molecule has 1 N–H and O–H groups in total. The summed E-state index contributed by atoms with van der Waals surface area (Å²) in [6.07, 6.45) is 0. The highest BCUT2D eigenvalue weighted by Gasteiger charge is 2.10. The number of carbonyl (C=O) groups excluding carboxylic acids is 1. The van der Waals surface area contributed by atoms with Crippen LogP contribution in [0.2, 0.25) is 0 Å². The maximum absolute atomic E-state index is 11.1. The molecule has 1 rings (SSSR count). The van der Waals surface area contributed by atoms with Crippen LogP contribution in [-0.2, 0) is 4.74 Å². The minimum Gasteiger partial charge on any atom is -0.478 e. The number of carboxylic acid groups (broad SMARTS) is 1. The van der Waals surface area contributed by atoms with Crippen LogP contribution in [0.4, 0.5) is 0 Å². The van der Waals surface area contributed by atoms with Crippen LogP contribution in [0, 0.1) is 0 Å². The topological polar surface area (TPSA) is 63.6 Å². The predicted octanol–water partition coefficient (Wildman–Crippen LogP) is 1.46. The van der Waals surface area contributed by atoms with Gasteiger partial charge in [-0.2, -0.15) is 0 Å². The van der Waals surface area contributed by atoms with Gasteiger partial charge in [-0.05, 0) is 18.2 Å². The summed E-state index contributed by atoms with van der Waals surface area (Å²) in [5, 5.41) is 8.70. The van der Waals surface area contributed by atoms with Crippen LogP contribution in [0.15, 0.2) is 23.1 Å². The normalized spacial score (nSPS) is 9.57. The van der Waals surface area contributed by atoms with Crippen LogP contribution in [0.5, 0.6) is 0 Å². The van der Waals surface area contributed by atoms with E-state index in [-0.39, 0.29) is 11.1 Å². The van der Waals surface area contributed by atoms with E-state index >= 15 is 0 Å². The lowest BCUT2D eigenvalue weighted by molar-refractivity contribution is 0.0600. The number of thiol groups is 1. The highest BCUT2D eigenvalue weighted by molar-refractivity contribution is 7.80. The second-order valence-electron chi connectivity index (χ2n) is 2.57. The zero-order chi connectivity index (χ0) is 10.7. The second-order valence-corrected chi connectivity index (χ2v) is 3.08. The van der Waals surface area contributed by atoms with Crippen molar-refractivity contribution >= 4 is 24.6 Å². The minimum atomic E-state index is -1.11. The van der Waals surface area contributed by atoms with Crippen molar-refractivity contribution in [2.75, 3.05) is 7.11 Å². The van der Waals surface area contributed by atoms with Crippen molar-refractivity contribution in [1.82, 2.24) is 0 Å². The van der Waals surface area contributed by atoms with E-state index in [4.69, 9.17) is 5.11 Å². The van der Waals surface area contributed by atoms with Gasteiger partial charge in [-0.1, -0.05) is 0 Å². The molecular formula is C9H8O4S. The molecule has 0 spiro atoms. The second kappa shape index (κ2) is 4.15. The number of aromatic carboxylic acids is 1. The monoisotopic (exact) mass is 212 g/mol. The Labute approximate surface area is 85.9 Å². The van der Waals surface area contributed by atoms with E-state index in [0.29, 0.717) is 4.90 Å². The summed E-state index contributed by atoms with van der Waals surface area (Å²) in [5.74, 6) is -1.69. The van der Waals surface area contributed by atoms with Crippen molar-refractivity contribution in [1.29, 1.82) is 0 Å². The maximum Gasteiger partial charge on any atom is 0.337 e. The number of rotatable bonds is 2. The van der Waals surface area contributed by atoms with Gasteiger partial charge in [0.05, 0.1) is 18.2 Å². The van der Waals surface area contributed by atoms with Gasteiger partial charge in [0.25, 0.3) is 0 Å². The molecule has 1 aromatic rings. The standard InChI is InChI=1S/C9H8O4S/c1-13-9(12)6-2-5(8(10)11)3-7(14)4-6/h2-4,14H,1H3,(H,10,11). The van der Waals surface area contributed by atoms with Crippen LogP contribution >= 0.6 is 12.6 Å². The maximum atomic E-state index is 11.1. The summed E-state index contributed by atoms with van der Waals surface area (Å²) in [4.78, 5) is 22.1. The van der Waals surface area contributed by atoms with Gasteiger partial charge < -0.3 is 9.84 Å². The van der Waals surface area contributed by atoms with E-state index in [1.165, 1.54) is 25.3 Å². The van der Waals surface area contributed by atoms with Crippen molar-refractivity contribution in [3.8, 4) is 0 Å². The Bertz CT molecular complexity index is 386. The van der Waals surface area contributed by atoms with Gasteiger partial charge >= 0.3 is 11.9 Å². The number of methoxy groups -OCH3 is 1. The average Bonchev–Trinajstić information content (AvgIpc) is 2.15. The number of carboxylic acids is 1. The molecule has 0 atom stereocenters. The predicted molar refractivity (Wildman–Crippen MR) is 52.0 cm³/mol. The van der Waals surface area contributed by atoms with Gasteiger partial charge in [-0.25, -0.2) is 9.59 Å². The number of carbonyl (C=O) groups is 2. The summed E-state index contributed by atoms with van der Waals surface area (Å²) in [7, 11) is 1.23. The van der Waals surface area contributed by atoms with Crippen molar-refractivity contribution in [2.45, 2.75) is 4.90 Å². The third-order valence-electron chi connectivity index (χ3n) is 1.59. The zero-order valence-electron chi connectivity index (χ0n) is 7.35. The van der Waals surface area contributed by atoms with Gasteiger partial charge in [0.2, 0.25) is 0 Å². The Hall–Kier alpha value is -1.49. The Morgan fingerprint density at radius 2 is 1.86 bits per heavy atom. The number of benzene rings is 1. The number of esters is 1. The Morgan fingerprint density at radius 1 is 1.29 bits per heavy atom. The smallest absolute Gasteiger partial charge is 0.337 e. The highest BCUT2D eigenvalue weighted by atomic mass is 32.1. The molecular weight excluding hydrogens is 204 g/mol. The SMILES string of the molecule is COC(=O)c1cc(S)cc(C(=O)O)c1. The van der Waals surface area contributed by atoms with Crippen LogP contribution in [0.1, 0.15) is 20.7 Å². The number of ether oxygens (including phenoxy) is 1. The van der Waals surface area contributed by atoms with Gasteiger partial charge in [-0.15, -0.1) is 12.6 Å². The van der Waals surface area contributed by atoms with Crippen LogP contribution in [0.25, 0.3) is 0 Å². The van der Waals surface area contributed by atoms with Gasteiger partial charge in [0.1, 0.15) is 0 Å². The summed E-state index contributed by atoms with van der Waals surface area (Å²) in [6.45, 7) is 0. The fraction of sp³-hybridized carbons (Fsp3) is 0.111. The van der Waals surface area contributed by atoms with Crippen LogP contribution in [-0.4, -0.2) is 24.2 Å². The van der Waals surface area contributed by atoms with E-state index in [1.807, 2.05) is 0 Å². The first-order chi connectivity index (χ1) is 6.54. The van der Waals surface area contributed by atoms with Crippen LogP contribution in [0.3, 0.4) is 0 Å². The first-order valence-corrected chi connectivity index (χ1v) is 4.15. The Kier molecular flexibility index (Phi) is 3.14. The van der Waals surface area contributed by atoms with Crippen LogP contribution < -0.4 is 0 Å². The molecule has 5 heteroatoms. The van der Waals surface area contributed by atoms with Gasteiger partial charge in [0.15, 0.2) is 0 Å². The van der Waals surface area contributed by atoms with E-state index < -0.39 is 11.9 Å². The molecule has 0 amide bonds. The van der Waals surface area contributed by atoms with Crippen molar-refractivity contribution in [3.05, 3.63) is 29.3 Å². The van der Waals surface area contributed by atoms with E-state index in [0.717, 1.165) is 0 Å². The molecule has 0 aromatic heterocycles. The summed E-state index contributed by atoms with van der Waals surface area (Å²) >= 11 is 3.98. The summed E-state index contributed by atoms with van der Waals surface area (Å²) < 4.78 is 4.46. The molecule has 4 nitrogen and oxygen atoms in total. The molecule has 0 saturated carbocycles. The lowest BCUT2D eigenvalue weighted by Crippen LogP contribution is -2.04. The van der Waals surface area contributed by atoms with E-state index in [9.17, 15) is 9.59 Å². The van der Waals surface area contributed by atoms with Gasteiger partial charge in [-0.3, -0.25) is 0 Å². The largest absolute Gasteiger partial charge is 0.478 e. The van der Waals surface area contributed by atoms with Crippen molar-refractivity contribution in [2.24, 2.45) is 0 Å². The Balaban J connectivity index is 3.20. The molecule has 0 heterocycles. The molecule has 0 aliphatic rings. The minimum absolute atomic E-state index is 0.0119. The first-order valence-electron chi connectivity index (χ1n) is 3.70. The lowest BCUT2D eigenvalue weighted by Gasteiger charge is -2.02. The summed E-state index contributed by atoms with van der Waals surface area (Å²) in [5.41, 5.74) is 0.190. The van der Waals surface area contributed by atoms with Gasteiger partial charge in [0, 0.05) is 4.90 Å². The molecule has 0 unspecified atom stereocenters. The Morgan fingerprint density at radius 3 is 2.36 bits per heavy atom. The van der Waals surface area contributed by atoms with Crippen molar-refractivity contribution in [3.63, 3.8) is 0 Å². The fourth-order valence-corrected chi connectivity index (χ4v) is 1.25. The highest BCUT2D eigenvalue weighted by Crippen LogP contribution is 2.14. The number of hydrogen-bond acceptors (Lipinski definition) is 4. The molecule has 1 aromatic carbocycles. The molecule has 0 aliphatic heterocycles. The first kappa shape index (κ1) is 10.6. The zero-order valence-corrected chi connectivity index (χ0v) is 8.25. The summed E-state index contributed by atoms with van der Waals surface area (Å²) in [6, 6.07) is 4.05. The molecule has 0 radical (unpaired) electrons. The number of hydrogen-bond donors (Lipinski definition) is 2.